The highest BCUT2D eigenvalue weighted by molar-refractivity contribution is 5.99. The van der Waals surface area contributed by atoms with E-state index in [1.807, 2.05) is 0 Å². The van der Waals surface area contributed by atoms with Crippen molar-refractivity contribution in [3.63, 3.8) is 0 Å². The van der Waals surface area contributed by atoms with Gasteiger partial charge in [-0.3, -0.25) is 14.4 Å². The van der Waals surface area contributed by atoms with E-state index in [1.165, 1.54) is 42.3 Å². The van der Waals surface area contributed by atoms with Crippen LogP contribution in [0.25, 0.3) is 0 Å². The van der Waals surface area contributed by atoms with Crippen molar-refractivity contribution in [3.05, 3.63) is 59.2 Å². The average molecular weight is 404 g/mol. The third-order valence-electron chi connectivity index (χ3n) is 4.35. The van der Waals surface area contributed by atoms with Gasteiger partial charge in [0.25, 0.3) is 11.8 Å². The number of hydrogen-bond donors (Lipinski definition) is 1. The molecule has 0 atom stereocenters. The van der Waals surface area contributed by atoms with Crippen LogP contribution in [-0.2, 0) is 20.9 Å². The predicted octanol–water partition coefficient (Wildman–Crippen LogP) is 2.50. The maximum Gasteiger partial charge on any atom is 0.307 e. The molecule has 0 spiro atoms. The molecule has 0 radical (unpaired) electrons. The molecule has 9 heteroatoms. The first kappa shape index (κ1) is 20.2. The van der Waals surface area contributed by atoms with Crippen molar-refractivity contribution < 1.29 is 32.6 Å². The standard InChI is InChI=1S/C20H18F2N2O5/c1-28-18(26)7-8-24(10-13-3-2-4-14(21)19(13)22)20(27)12-5-6-15-16(9-12)29-11-17(25)23-15/h2-6,9H,7-8,10-11H2,1H3,(H,23,25). The summed E-state index contributed by atoms with van der Waals surface area (Å²) >= 11 is 0. The first-order valence-corrected chi connectivity index (χ1v) is 8.74. The monoisotopic (exact) mass is 404 g/mol. The number of nitrogens with one attached hydrogen (secondary N) is 1. The normalized spacial score (nSPS) is 12.4. The largest absolute Gasteiger partial charge is 0.482 e. The number of carbonyl (C=O) groups excluding carboxylic acids is 3. The van der Waals surface area contributed by atoms with Crippen molar-refractivity contribution in [2.45, 2.75) is 13.0 Å². The van der Waals surface area contributed by atoms with Gasteiger partial charge in [-0.05, 0) is 24.3 Å². The summed E-state index contributed by atoms with van der Waals surface area (Å²) < 4.78 is 37.5. The van der Waals surface area contributed by atoms with Gasteiger partial charge in [0.15, 0.2) is 18.2 Å². The molecule has 0 unspecified atom stereocenters. The number of amides is 2. The molecule has 0 bridgehead atoms. The van der Waals surface area contributed by atoms with Crippen LogP contribution < -0.4 is 10.1 Å². The average Bonchev–Trinajstić information content (AvgIpc) is 2.72. The summed E-state index contributed by atoms with van der Waals surface area (Å²) in [4.78, 5) is 37.1. The molecular formula is C20H18F2N2O5. The number of rotatable bonds is 6. The van der Waals surface area contributed by atoms with Crippen LogP contribution in [0.2, 0.25) is 0 Å². The minimum atomic E-state index is -1.06. The molecule has 3 rings (SSSR count). The number of anilines is 1. The molecule has 0 aromatic heterocycles. The maximum atomic E-state index is 14.1. The van der Waals surface area contributed by atoms with Crippen LogP contribution >= 0.6 is 0 Å². The number of carbonyl (C=O) groups is 3. The van der Waals surface area contributed by atoms with Gasteiger partial charge in [0.05, 0.1) is 19.2 Å². The molecule has 2 amide bonds. The molecule has 1 aliphatic heterocycles. The van der Waals surface area contributed by atoms with Crippen molar-refractivity contribution in [1.29, 1.82) is 0 Å². The highest BCUT2D eigenvalue weighted by atomic mass is 19.2. The lowest BCUT2D eigenvalue weighted by atomic mass is 10.1. The van der Waals surface area contributed by atoms with Crippen LogP contribution in [0.15, 0.2) is 36.4 Å². The Kier molecular flexibility index (Phi) is 6.06. The summed E-state index contributed by atoms with van der Waals surface area (Å²) in [6.45, 7) is -0.477. The molecule has 152 valence electrons. The van der Waals surface area contributed by atoms with Gasteiger partial charge < -0.3 is 19.7 Å². The van der Waals surface area contributed by atoms with E-state index < -0.39 is 23.5 Å². The van der Waals surface area contributed by atoms with E-state index in [4.69, 9.17) is 4.74 Å². The molecule has 0 saturated carbocycles. The van der Waals surface area contributed by atoms with E-state index >= 15 is 0 Å². The Balaban J connectivity index is 1.86. The fourth-order valence-electron chi connectivity index (χ4n) is 2.85. The van der Waals surface area contributed by atoms with Crippen molar-refractivity contribution in [3.8, 4) is 5.75 Å². The SMILES string of the molecule is COC(=O)CCN(Cc1cccc(F)c1F)C(=O)c1ccc2c(c1)OCC(=O)N2. The van der Waals surface area contributed by atoms with Crippen LogP contribution in [0.1, 0.15) is 22.3 Å². The fourth-order valence-corrected chi connectivity index (χ4v) is 2.85. The summed E-state index contributed by atoms with van der Waals surface area (Å²) in [7, 11) is 1.22. The summed E-state index contributed by atoms with van der Waals surface area (Å²) in [5, 5.41) is 2.62. The molecule has 2 aromatic rings. The number of nitrogens with zero attached hydrogens (tertiary/aromatic N) is 1. The van der Waals surface area contributed by atoms with Gasteiger partial charge in [-0.2, -0.15) is 0 Å². The van der Waals surface area contributed by atoms with Gasteiger partial charge in [-0.25, -0.2) is 8.78 Å². The van der Waals surface area contributed by atoms with Gasteiger partial charge in [-0.15, -0.1) is 0 Å². The first-order chi connectivity index (χ1) is 13.9. The van der Waals surface area contributed by atoms with Gasteiger partial charge in [0.1, 0.15) is 5.75 Å². The van der Waals surface area contributed by atoms with Gasteiger partial charge in [0, 0.05) is 24.2 Å². The van der Waals surface area contributed by atoms with Crippen molar-refractivity contribution >= 4 is 23.5 Å². The Morgan fingerprint density at radius 3 is 2.79 bits per heavy atom. The van der Waals surface area contributed by atoms with Gasteiger partial charge in [-0.1, -0.05) is 12.1 Å². The molecule has 1 heterocycles. The zero-order valence-corrected chi connectivity index (χ0v) is 15.5. The molecule has 2 aromatic carbocycles. The van der Waals surface area contributed by atoms with Gasteiger partial charge >= 0.3 is 5.97 Å². The zero-order chi connectivity index (χ0) is 21.0. The molecule has 1 aliphatic rings. The molecule has 0 aliphatic carbocycles. The minimum Gasteiger partial charge on any atom is -0.482 e. The van der Waals surface area contributed by atoms with Crippen LogP contribution in [0.4, 0.5) is 14.5 Å². The second-order valence-corrected chi connectivity index (χ2v) is 6.31. The molecule has 7 nitrogen and oxygen atoms in total. The lowest BCUT2D eigenvalue weighted by Crippen LogP contribution is -2.33. The quantitative estimate of drug-likeness (QED) is 0.748. The van der Waals surface area contributed by atoms with Crippen molar-refractivity contribution in [2.24, 2.45) is 0 Å². The van der Waals surface area contributed by atoms with Crippen LogP contribution in [0.5, 0.6) is 5.75 Å². The van der Waals surface area contributed by atoms with E-state index in [0.717, 1.165) is 6.07 Å². The summed E-state index contributed by atoms with van der Waals surface area (Å²) in [6, 6.07) is 8.12. The lowest BCUT2D eigenvalue weighted by molar-refractivity contribution is -0.140. The Morgan fingerprint density at radius 1 is 1.24 bits per heavy atom. The number of methoxy groups -OCH3 is 1. The van der Waals surface area contributed by atoms with Crippen LogP contribution in [-0.4, -0.2) is 42.9 Å². The Labute approximate surface area is 165 Å². The number of halogens is 2. The third-order valence-corrected chi connectivity index (χ3v) is 4.35. The Hall–Kier alpha value is -3.49. The fraction of sp³-hybridized carbons (Fsp3) is 0.250. The second-order valence-electron chi connectivity index (χ2n) is 6.31. The third kappa shape index (κ3) is 4.68. The Bertz CT molecular complexity index is 964. The molecular weight excluding hydrogens is 386 g/mol. The predicted molar refractivity (Wildman–Crippen MR) is 98.3 cm³/mol. The second kappa shape index (κ2) is 8.68. The van der Waals surface area contributed by atoms with E-state index in [1.54, 1.807) is 0 Å². The van der Waals surface area contributed by atoms with Crippen LogP contribution in [0.3, 0.4) is 0 Å². The van der Waals surface area contributed by atoms with E-state index in [2.05, 4.69) is 10.1 Å². The van der Waals surface area contributed by atoms with Crippen molar-refractivity contribution in [2.75, 3.05) is 25.6 Å². The highest BCUT2D eigenvalue weighted by Crippen LogP contribution is 2.29. The highest BCUT2D eigenvalue weighted by Gasteiger charge is 2.23. The molecule has 0 fully saturated rings. The smallest absolute Gasteiger partial charge is 0.307 e. The number of ether oxygens (including phenoxy) is 2. The van der Waals surface area contributed by atoms with E-state index in [-0.39, 0.29) is 43.2 Å². The molecule has 1 N–H and O–H groups in total. The summed E-state index contributed by atoms with van der Waals surface area (Å²) in [5.41, 5.74) is 0.612. The minimum absolute atomic E-state index is 0.0234. The van der Waals surface area contributed by atoms with E-state index in [9.17, 15) is 23.2 Å². The first-order valence-electron chi connectivity index (χ1n) is 8.74. The van der Waals surface area contributed by atoms with Crippen molar-refractivity contribution in [1.82, 2.24) is 4.90 Å². The lowest BCUT2D eigenvalue weighted by Gasteiger charge is -2.24. The zero-order valence-electron chi connectivity index (χ0n) is 15.5. The number of hydrogen-bond acceptors (Lipinski definition) is 5. The topological polar surface area (TPSA) is 84.9 Å². The summed E-state index contributed by atoms with van der Waals surface area (Å²) in [5.74, 6) is -3.13. The van der Waals surface area contributed by atoms with Crippen LogP contribution in [0, 0.1) is 11.6 Å². The number of fused-ring (bicyclic) bond motifs is 1. The number of benzene rings is 2. The number of esters is 1. The Morgan fingerprint density at radius 2 is 2.03 bits per heavy atom. The molecule has 29 heavy (non-hydrogen) atoms. The van der Waals surface area contributed by atoms with E-state index in [0.29, 0.717) is 11.4 Å². The summed E-state index contributed by atoms with van der Waals surface area (Å²) in [6.07, 6.45) is -0.114. The van der Waals surface area contributed by atoms with Gasteiger partial charge in [0.2, 0.25) is 0 Å². The molecule has 0 saturated heterocycles. The maximum absolute atomic E-state index is 14.1.